The number of carbonyl (C=O) groups is 3. The van der Waals surface area contributed by atoms with E-state index in [1.807, 2.05) is 0 Å². The summed E-state index contributed by atoms with van der Waals surface area (Å²) in [5, 5.41) is 6.34. The van der Waals surface area contributed by atoms with E-state index in [0.717, 1.165) is 10.5 Å². The molecule has 1 aromatic rings. The Bertz CT molecular complexity index is 612. The Morgan fingerprint density at radius 3 is 2.86 bits per heavy atom. The smallest absolute Gasteiger partial charge is 0.324 e. The lowest BCUT2D eigenvalue weighted by Gasteiger charge is -2.15. The molecule has 0 radical (unpaired) electrons. The van der Waals surface area contributed by atoms with E-state index in [1.165, 1.54) is 6.21 Å². The predicted molar refractivity (Wildman–Crippen MR) is 78.9 cm³/mol. The van der Waals surface area contributed by atoms with Crippen LogP contribution in [0.25, 0.3) is 0 Å². The average Bonchev–Trinajstić information content (AvgIpc) is 2.66. The third-order valence-electron chi connectivity index (χ3n) is 3.09. The Hall–Kier alpha value is -2.77. The van der Waals surface area contributed by atoms with E-state index in [-0.39, 0.29) is 24.8 Å². The van der Waals surface area contributed by atoms with Crippen LogP contribution in [-0.2, 0) is 9.59 Å². The van der Waals surface area contributed by atoms with Gasteiger partial charge >= 0.3 is 6.03 Å². The lowest BCUT2D eigenvalue weighted by atomic mass is 10.1. The maximum Gasteiger partial charge on any atom is 0.325 e. The maximum absolute atomic E-state index is 11.9. The van der Waals surface area contributed by atoms with Crippen molar-refractivity contribution in [2.45, 2.75) is 25.8 Å². The van der Waals surface area contributed by atoms with Crippen LogP contribution in [0.2, 0.25) is 0 Å². The fourth-order valence-corrected chi connectivity index (χ4v) is 1.92. The number of imide groups is 1. The zero-order chi connectivity index (χ0) is 16.2. The number of amides is 4. The second kappa shape index (κ2) is 6.33. The molecule has 1 saturated heterocycles. The lowest BCUT2D eigenvalue weighted by molar-refractivity contribution is -0.130. The molecule has 1 aliphatic rings. The molecule has 1 aromatic heterocycles. The minimum Gasteiger partial charge on any atom is -0.324 e. The van der Waals surface area contributed by atoms with Crippen LogP contribution in [-0.4, -0.2) is 46.0 Å². The first-order valence-corrected chi connectivity index (χ1v) is 6.76. The highest BCUT2D eigenvalue weighted by Gasteiger charge is 2.43. The molecule has 0 saturated carbocycles. The van der Waals surface area contributed by atoms with Gasteiger partial charge in [-0.2, -0.15) is 5.10 Å². The molecule has 8 heteroatoms. The zero-order valence-electron chi connectivity index (χ0n) is 12.4. The van der Waals surface area contributed by atoms with Crippen LogP contribution >= 0.6 is 0 Å². The van der Waals surface area contributed by atoms with Gasteiger partial charge in [-0.05, 0) is 19.9 Å². The summed E-state index contributed by atoms with van der Waals surface area (Å²) in [6, 6.07) is 3.06. The van der Waals surface area contributed by atoms with Crippen molar-refractivity contribution >= 4 is 24.1 Å². The van der Waals surface area contributed by atoms with Crippen LogP contribution in [0.1, 0.15) is 25.8 Å². The Labute approximate surface area is 127 Å². The summed E-state index contributed by atoms with van der Waals surface area (Å²) in [4.78, 5) is 40.2. The molecule has 22 heavy (non-hydrogen) atoms. The van der Waals surface area contributed by atoms with E-state index in [0.29, 0.717) is 0 Å². The number of hydrazone groups is 1. The first-order chi connectivity index (χ1) is 10.4. The van der Waals surface area contributed by atoms with Crippen molar-refractivity contribution in [1.29, 1.82) is 0 Å². The van der Waals surface area contributed by atoms with Gasteiger partial charge in [-0.25, -0.2) is 10.2 Å². The second-order valence-electron chi connectivity index (χ2n) is 5.34. The van der Waals surface area contributed by atoms with Gasteiger partial charge in [0.25, 0.3) is 5.91 Å². The number of rotatable bonds is 5. The molecule has 0 unspecified atom stereocenters. The quantitative estimate of drug-likeness (QED) is 0.462. The summed E-state index contributed by atoms with van der Waals surface area (Å²) in [5.41, 5.74) is 2.16. The van der Waals surface area contributed by atoms with Crippen LogP contribution in [0.5, 0.6) is 0 Å². The van der Waals surface area contributed by atoms with Gasteiger partial charge < -0.3 is 5.32 Å². The molecule has 4 amide bonds. The summed E-state index contributed by atoms with van der Waals surface area (Å²) in [7, 11) is 0. The molecule has 0 aromatic carbocycles. The summed E-state index contributed by atoms with van der Waals surface area (Å²) in [6.07, 6.45) is 4.68. The molecule has 0 atom stereocenters. The number of nitrogens with zero attached hydrogens (tertiary/aromatic N) is 3. The minimum absolute atomic E-state index is 0.0143. The third kappa shape index (κ3) is 3.66. The van der Waals surface area contributed by atoms with Gasteiger partial charge in [0.1, 0.15) is 5.54 Å². The summed E-state index contributed by atoms with van der Waals surface area (Å²) in [6.45, 7) is 3.25. The summed E-state index contributed by atoms with van der Waals surface area (Å²) < 4.78 is 0. The molecule has 116 valence electrons. The molecule has 0 bridgehead atoms. The second-order valence-corrected chi connectivity index (χ2v) is 5.34. The Balaban J connectivity index is 1.80. The van der Waals surface area contributed by atoms with Crippen molar-refractivity contribution in [3.05, 3.63) is 30.1 Å². The number of nitrogens with one attached hydrogen (secondary N) is 2. The first-order valence-electron chi connectivity index (χ1n) is 6.76. The van der Waals surface area contributed by atoms with Crippen molar-refractivity contribution in [1.82, 2.24) is 20.6 Å². The van der Waals surface area contributed by atoms with Crippen molar-refractivity contribution < 1.29 is 14.4 Å². The third-order valence-corrected chi connectivity index (χ3v) is 3.09. The Morgan fingerprint density at radius 2 is 2.27 bits per heavy atom. The molecule has 2 rings (SSSR count). The van der Waals surface area contributed by atoms with Crippen LogP contribution < -0.4 is 10.7 Å². The van der Waals surface area contributed by atoms with Gasteiger partial charge in [0, 0.05) is 30.9 Å². The fraction of sp³-hybridized carbons (Fsp3) is 0.357. The van der Waals surface area contributed by atoms with Crippen LogP contribution in [0.15, 0.2) is 29.6 Å². The van der Waals surface area contributed by atoms with Crippen molar-refractivity contribution in [3.63, 3.8) is 0 Å². The standard InChI is InChI=1S/C14H17N5O3/c1-14(2)12(21)19(13(22)17-14)7-5-11(20)18-16-9-10-4-3-6-15-8-10/h3-4,6,8-9H,5,7H2,1-2H3,(H,17,22)(H,18,20)/b16-9-. The first kappa shape index (κ1) is 15.6. The molecular weight excluding hydrogens is 286 g/mol. The minimum atomic E-state index is -0.925. The van der Waals surface area contributed by atoms with Gasteiger partial charge in [-0.3, -0.25) is 19.5 Å². The largest absolute Gasteiger partial charge is 0.325 e. The van der Waals surface area contributed by atoms with Crippen molar-refractivity contribution in [2.24, 2.45) is 5.10 Å². The molecule has 2 heterocycles. The molecule has 0 aliphatic carbocycles. The van der Waals surface area contributed by atoms with Crippen LogP contribution in [0.4, 0.5) is 4.79 Å². The maximum atomic E-state index is 11.9. The molecule has 8 nitrogen and oxygen atoms in total. The predicted octanol–water partition coefficient (Wildman–Crippen LogP) is 0.252. The average molecular weight is 303 g/mol. The highest BCUT2D eigenvalue weighted by atomic mass is 16.2. The summed E-state index contributed by atoms with van der Waals surface area (Å²) in [5.74, 6) is -0.727. The van der Waals surface area contributed by atoms with E-state index in [4.69, 9.17) is 0 Å². The zero-order valence-corrected chi connectivity index (χ0v) is 12.4. The lowest BCUT2D eigenvalue weighted by Crippen LogP contribution is -2.40. The Kier molecular flexibility index (Phi) is 4.50. The SMILES string of the molecule is CC1(C)NC(=O)N(CCC(=O)N/N=C\c2cccnc2)C1=O. The van der Waals surface area contributed by atoms with Gasteiger partial charge in [-0.1, -0.05) is 6.07 Å². The molecule has 2 N–H and O–H groups in total. The van der Waals surface area contributed by atoms with Crippen molar-refractivity contribution in [3.8, 4) is 0 Å². The molecular formula is C14H17N5O3. The molecule has 1 fully saturated rings. The van der Waals surface area contributed by atoms with Gasteiger partial charge in [0.2, 0.25) is 5.91 Å². The van der Waals surface area contributed by atoms with E-state index >= 15 is 0 Å². The number of pyridine rings is 1. The monoisotopic (exact) mass is 303 g/mol. The van der Waals surface area contributed by atoms with E-state index < -0.39 is 11.6 Å². The van der Waals surface area contributed by atoms with E-state index in [9.17, 15) is 14.4 Å². The number of urea groups is 1. The van der Waals surface area contributed by atoms with Gasteiger partial charge in [-0.15, -0.1) is 0 Å². The van der Waals surface area contributed by atoms with Gasteiger partial charge in [0.05, 0.1) is 6.21 Å². The highest BCUT2D eigenvalue weighted by Crippen LogP contribution is 2.16. The van der Waals surface area contributed by atoms with E-state index in [2.05, 4.69) is 20.8 Å². The molecule has 0 spiro atoms. The number of hydrogen-bond acceptors (Lipinski definition) is 5. The summed E-state index contributed by atoms with van der Waals surface area (Å²) >= 11 is 0. The normalized spacial score (nSPS) is 16.9. The van der Waals surface area contributed by atoms with Gasteiger partial charge in [0.15, 0.2) is 0 Å². The highest BCUT2D eigenvalue weighted by molar-refractivity contribution is 6.06. The van der Waals surface area contributed by atoms with E-state index in [1.54, 1.807) is 38.4 Å². The number of carbonyl (C=O) groups excluding carboxylic acids is 3. The van der Waals surface area contributed by atoms with Crippen LogP contribution in [0.3, 0.4) is 0 Å². The number of aromatic nitrogens is 1. The number of hydrogen-bond donors (Lipinski definition) is 2. The van der Waals surface area contributed by atoms with Crippen LogP contribution in [0, 0.1) is 0 Å². The van der Waals surface area contributed by atoms with Crippen molar-refractivity contribution in [2.75, 3.05) is 6.54 Å². The molecule has 1 aliphatic heterocycles. The fourth-order valence-electron chi connectivity index (χ4n) is 1.92. The topological polar surface area (TPSA) is 104 Å². The Morgan fingerprint density at radius 1 is 1.50 bits per heavy atom.